The van der Waals surface area contributed by atoms with Crippen molar-refractivity contribution >= 4 is 11.6 Å². The van der Waals surface area contributed by atoms with E-state index < -0.39 is 0 Å². The van der Waals surface area contributed by atoms with E-state index in [0.29, 0.717) is 0 Å². The van der Waals surface area contributed by atoms with Gasteiger partial charge in [0, 0.05) is 6.92 Å². The minimum atomic E-state index is -0.0989. The second-order valence-electron chi connectivity index (χ2n) is 3.11. The van der Waals surface area contributed by atoms with Gasteiger partial charge in [0.2, 0.25) is 5.91 Å². The lowest BCUT2D eigenvalue weighted by atomic mass is 10.1. The molecule has 0 aliphatic rings. The van der Waals surface area contributed by atoms with E-state index in [-0.39, 0.29) is 5.91 Å². The summed E-state index contributed by atoms with van der Waals surface area (Å²) in [4.78, 5) is 10.6. The molecule has 0 aliphatic carbocycles. The number of hydrogen-bond donors (Lipinski definition) is 2. The zero-order valence-electron chi connectivity index (χ0n) is 8.14. The predicted molar refractivity (Wildman–Crippen MR) is 53.4 cm³/mol. The Balaban J connectivity index is 2.68. The van der Waals surface area contributed by atoms with E-state index >= 15 is 0 Å². The molecule has 13 heavy (non-hydrogen) atoms. The van der Waals surface area contributed by atoms with Gasteiger partial charge in [-0.3, -0.25) is 15.6 Å². The summed E-state index contributed by atoms with van der Waals surface area (Å²) in [7, 11) is 0. The second-order valence-corrected chi connectivity index (χ2v) is 3.11. The molecule has 0 aromatic heterocycles. The highest BCUT2D eigenvalue weighted by molar-refractivity contribution is 5.74. The average molecular weight is 178 g/mol. The van der Waals surface area contributed by atoms with Crippen molar-refractivity contribution in [3.05, 3.63) is 29.3 Å². The number of aryl methyl sites for hydroxylation is 2. The number of benzene rings is 1. The van der Waals surface area contributed by atoms with Crippen molar-refractivity contribution in [1.29, 1.82) is 0 Å². The maximum absolute atomic E-state index is 10.6. The van der Waals surface area contributed by atoms with Gasteiger partial charge in [0.25, 0.3) is 0 Å². The van der Waals surface area contributed by atoms with E-state index in [4.69, 9.17) is 0 Å². The molecule has 3 heteroatoms. The molecular formula is C10H14N2O. The molecule has 0 bridgehead atoms. The number of carbonyl (C=O) groups is 1. The summed E-state index contributed by atoms with van der Waals surface area (Å²) in [5, 5.41) is 0. The first-order chi connectivity index (χ1) is 6.09. The Morgan fingerprint density at radius 1 is 1.23 bits per heavy atom. The van der Waals surface area contributed by atoms with Crippen LogP contribution in [-0.2, 0) is 4.79 Å². The van der Waals surface area contributed by atoms with E-state index in [2.05, 4.69) is 17.8 Å². The van der Waals surface area contributed by atoms with Crippen molar-refractivity contribution in [2.75, 3.05) is 5.43 Å². The van der Waals surface area contributed by atoms with Gasteiger partial charge >= 0.3 is 0 Å². The van der Waals surface area contributed by atoms with Crippen LogP contribution in [-0.4, -0.2) is 5.91 Å². The van der Waals surface area contributed by atoms with Crippen molar-refractivity contribution in [1.82, 2.24) is 5.43 Å². The maximum Gasteiger partial charge on any atom is 0.235 e. The Kier molecular flexibility index (Phi) is 2.90. The van der Waals surface area contributed by atoms with Crippen molar-refractivity contribution in [2.45, 2.75) is 20.8 Å². The lowest BCUT2D eigenvalue weighted by molar-refractivity contribution is -0.118. The highest BCUT2D eigenvalue weighted by atomic mass is 16.2. The van der Waals surface area contributed by atoms with Gasteiger partial charge in [-0.05, 0) is 37.1 Å². The highest BCUT2D eigenvalue weighted by Gasteiger charge is 1.95. The molecule has 0 radical (unpaired) electrons. The van der Waals surface area contributed by atoms with Crippen LogP contribution in [0.15, 0.2) is 18.2 Å². The van der Waals surface area contributed by atoms with Crippen LogP contribution in [0.3, 0.4) is 0 Å². The summed E-state index contributed by atoms with van der Waals surface area (Å²) in [5.74, 6) is -0.0989. The van der Waals surface area contributed by atoms with Gasteiger partial charge in [-0.1, -0.05) is 6.07 Å². The highest BCUT2D eigenvalue weighted by Crippen LogP contribution is 2.12. The fourth-order valence-electron chi connectivity index (χ4n) is 0.979. The number of nitrogens with one attached hydrogen (secondary N) is 2. The summed E-state index contributed by atoms with van der Waals surface area (Å²) in [6, 6.07) is 5.93. The van der Waals surface area contributed by atoms with E-state index in [1.165, 1.54) is 18.1 Å². The van der Waals surface area contributed by atoms with Gasteiger partial charge in [0.1, 0.15) is 0 Å². The molecule has 0 saturated carbocycles. The van der Waals surface area contributed by atoms with Crippen molar-refractivity contribution in [3.8, 4) is 0 Å². The average Bonchev–Trinajstić information content (AvgIpc) is 2.07. The van der Waals surface area contributed by atoms with Gasteiger partial charge in [0.05, 0.1) is 5.69 Å². The number of anilines is 1. The van der Waals surface area contributed by atoms with Gasteiger partial charge < -0.3 is 0 Å². The minimum absolute atomic E-state index is 0.0989. The fourth-order valence-corrected chi connectivity index (χ4v) is 0.979. The number of amides is 1. The SMILES string of the molecule is CC(=O)NNc1ccc(C)c(C)c1. The zero-order valence-corrected chi connectivity index (χ0v) is 8.14. The maximum atomic E-state index is 10.6. The molecule has 1 amide bonds. The molecule has 0 fully saturated rings. The molecule has 0 heterocycles. The summed E-state index contributed by atoms with van der Waals surface area (Å²) in [5.41, 5.74) is 8.68. The lowest BCUT2D eigenvalue weighted by Crippen LogP contribution is -2.26. The first kappa shape index (κ1) is 9.58. The second kappa shape index (κ2) is 3.94. The Morgan fingerprint density at radius 2 is 1.92 bits per heavy atom. The lowest BCUT2D eigenvalue weighted by Gasteiger charge is -2.08. The van der Waals surface area contributed by atoms with Crippen LogP contribution in [0.25, 0.3) is 0 Å². The minimum Gasteiger partial charge on any atom is -0.299 e. The number of hydrogen-bond acceptors (Lipinski definition) is 2. The molecule has 0 aliphatic heterocycles. The van der Waals surface area contributed by atoms with E-state index in [0.717, 1.165) is 5.69 Å². The molecule has 1 rings (SSSR count). The summed E-state index contributed by atoms with van der Waals surface area (Å²) in [6.45, 7) is 5.56. The summed E-state index contributed by atoms with van der Waals surface area (Å²) < 4.78 is 0. The van der Waals surface area contributed by atoms with Crippen LogP contribution in [0.1, 0.15) is 18.1 Å². The Morgan fingerprint density at radius 3 is 2.46 bits per heavy atom. The van der Waals surface area contributed by atoms with Gasteiger partial charge in [-0.25, -0.2) is 0 Å². The normalized spacial score (nSPS) is 9.46. The standard InChI is InChI=1S/C10H14N2O/c1-7-4-5-10(6-8(7)2)12-11-9(3)13/h4-6,12H,1-3H3,(H,11,13). The number of rotatable bonds is 2. The molecule has 1 aromatic carbocycles. The third-order valence-electron chi connectivity index (χ3n) is 1.89. The molecule has 0 spiro atoms. The quantitative estimate of drug-likeness (QED) is 0.677. The zero-order chi connectivity index (χ0) is 9.84. The molecule has 2 N–H and O–H groups in total. The van der Waals surface area contributed by atoms with Crippen LogP contribution in [0.2, 0.25) is 0 Å². The Labute approximate surface area is 78.1 Å². The van der Waals surface area contributed by atoms with Crippen molar-refractivity contribution in [2.24, 2.45) is 0 Å². The predicted octanol–water partition coefficient (Wildman–Crippen LogP) is 1.77. The van der Waals surface area contributed by atoms with E-state index in [1.54, 1.807) is 0 Å². The Hall–Kier alpha value is -1.51. The largest absolute Gasteiger partial charge is 0.299 e. The molecule has 0 unspecified atom stereocenters. The molecular weight excluding hydrogens is 164 g/mol. The topological polar surface area (TPSA) is 41.1 Å². The van der Waals surface area contributed by atoms with Crippen LogP contribution in [0.4, 0.5) is 5.69 Å². The molecule has 1 aromatic rings. The summed E-state index contributed by atoms with van der Waals surface area (Å²) in [6.07, 6.45) is 0. The third-order valence-corrected chi connectivity index (χ3v) is 1.89. The van der Waals surface area contributed by atoms with Gasteiger partial charge in [-0.2, -0.15) is 0 Å². The third kappa shape index (κ3) is 2.78. The number of hydrazine groups is 1. The van der Waals surface area contributed by atoms with Crippen molar-refractivity contribution in [3.63, 3.8) is 0 Å². The van der Waals surface area contributed by atoms with Gasteiger partial charge in [-0.15, -0.1) is 0 Å². The van der Waals surface area contributed by atoms with Crippen LogP contribution in [0.5, 0.6) is 0 Å². The van der Waals surface area contributed by atoms with Crippen LogP contribution < -0.4 is 10.9 Å². The van der Waals surface area contributed by atoms with Crippen LogP contribution >= 0.6 is 0 Å². The smallest absolute Gasteiger partial charge is 0.235 e. The monoisotopic (exact) mass is 178 g/mol. The molecule has 70 valence electrons. The molecule has 0 saturated heterocycles. The van der Waals surface area contributed by atoms with Gasteiger partial charge in [0.15, 0.2) is 0 Å². The molecule has 0 atom stereocenters. The van der Waals surface area contributed by atoms with Crippen molar-refractivity contribution < 1.29 is 4.79 Å². The first-order valence-corrected chi connectivity index (χ1v) is 4.19. The van der Waals surface area contributed by atoms with Crippen LogP contribution in [0, 0.1) is 13.8 Å². The number of carbonyl (C=O) groups excluding carboxylic acids is 1. The summed E-state index contributed by atoms with van der Waals surface area (Å²) >= 11 is 0. The molecule has 3 nitrogen and oxygen atoms in total. The van der Waals surface area contributed by atoms with E-state index in [1.807, 2.05) is 25.1 Å². The fraction of sp³-hybridized carbons (Fsp3) is 0.300. The Bertz CT molecular complexity index is 321. The van der Waals surface area contributed by atoms with E-state index in [9.17, 15) is 4.79 Å². The first-order valence-electron chi connectivity index (χ1n) is 4.19.